The molecule has 0 aliphatic carbocycles. The number of aliphatic carboxylic acids is 1. The van der Waals surface area contributed by atoms with E-state index in [2.05, 4.69) is 4.98 Å². The molecule has 0 amide bonds. The Morgan fingerprint density at radius 2 is 2.33 bits per heavy atom. The van der Waals surface area contributed by atoms with Crippen LogP contribution in [-0.4, -0.2) is 42.6 Å². The third-order valence-electron chi connectivity index (χ3n) is 2.44. The molecule has 0 aliphatic rings. The maximum absolute atomic E-state index is 11.3. The van der Waals surface area contributed by atoms with Gasteiger partial charge in [-0.15, -0.1) is 0 Å². The van der Waals surface area contributed by atoms with E-state index in [1.165, 1.54) is 11.8 Å². The molecule has 0 radical (unpaired) electrons. The molecule has 1 aromatic rings. The average Bonchev–Trinajstić information content (AvgIpc) is 2.68. The second-order valence-corrected chi connectivity index (χ2v) is 6.45. The minimum atomic E-state index is -0.886. The third-order valence-corrected chi connectivity index (χ3v) is 4.35. The second-order valence-electron chi connectivity index (χ2n) is 4.03. The van der Waals surface area contributed by atoms with Crippen LogP contribution in [0.4, 0.5) is 0 Å². The average molecular weight is 290 g/mol. The van der Waals surface area contributed by atoms with Crippen LogP contribution in [0.3, 0.4) is 0 Å². The standard InChI is InChI=1S/C11H18N2O3S2/c1-4-9-5-12-11(17-6-10(14)15)13(9)8(2)7-18(3)16/h5,8H,4,6-7H2,1-3H3,(H,14,15). The molecule has 102 valence electrons. The number of hydrogen-bond acceptors (Lipinski definition) is 4. The van der Waals surface area contributed by atoms with E-state index in [0.717, 1.165) is 12.1 Å². The first-order valence-electron chi connectivity index (χ1n) is 5.66. The molecule has 0 spiro atoms. The SMILES string of the molecule is CCc1cnc(SCC(=O)O)n1C(C)CS(C)=O. The van der Waals surface area contributed by atoms with Gasteiger partial charge in [-0.05, 0) is 13.3 Å². The van der Waals surface area contributed by atoms with Gasteiger partial charge in [-0.3, -0.25) is 9.00 Å². The molecule has 1 heterocycles. The van der Waals surface area contributed by atoms with Crippen LogP contribution in [0, 0.1) is 0 Å². The van der Waals surface area contributed by atoms with E-state index in [0.29, 0.717) is 10.9 Å². The fraction of sp³-hybridized carbons (Fsp3) is 0.636. The van der Waals surface area contributed by atoms with Crippen molar-refractivity contribution in [3.63, 3.8) is 0 Å². The Hall–Kier alpha value is -0.820. The number of rotatable bonds is 7. The van der Waals surface area contributed by atoms with Gasteiger partial charge in [0.25, 0.3) is 0 Å². The third kappa shape index (κ3) is 4.13. The van der Waals surface area contributed by atoms with Crippen LogP contribution in [0.25, 0.3) is 0 Å². The molecule has 0 aliphatic heterocycles. The lowest BCUT2D eigenvalue weighted by Crippen LogP contribution is -2.16. The van der Waals surface area contributed by atoms with Gasteiger partial charge in [0.05, 0.1) is 5.75 Å². The van der Waals surface area contributed by atoms with Crippen LogP contribution in [0.2, 0.25) is 0 Å². The van der Waals surface area contributed by atoms with Crippen molar-refractivity contribution >= 4 is 28.5 Å². The number of nitrogens with zero attached hydrogens (tertiary/aromatic N) is 2. The zero-order valence-corrected chi connectivity index (χ0v) is 12.4. The summed E-state index contributed by atoms with van der Waals surface area (Å²) in [5.41, 5.74) is 1.04. The number of hydrogen-bond donors (Lipinski definition) is 1. The first kappa shape index (κ1) is 15.2. The molecule has 2 atom stereocenters. The predicted octanol–water partition coefficient (Wildman–Crippen LogP) is 1.56. The van der Waals surface area contributed by atoms with Gasteiger partial charge in [-0.25, -0.2) is 4.98 Å². The summed E-state index contributed by atoms with van der Waals surface area (Å²) in [5, 5.41) is 9.39. The highest BCUT2D eigenvalue weighted by molar-refractivity contribution is 7.99. The number of aromatic nitrogens is 2. The minimum Gasteiger partial charge on any atom is -0.481 e. The Labute approximate surface area is 113 Å². The van der Waals surface area contributed by atoms with Gasteiger partial charge in [0, 0.05) is 40.7 Å². The number of carboxylic acids is 1. The van der Waals surface area contributed by atoms with Crippen LogP contribution >= 0.6 is 11.8 Å². The van der Waals surface area contributed by atoms with E-state index in [4.69, 9.17) is 5.11 Å². The summed E-state index contributed by atoms with van der Waals surface area (Å²) < 4.78 is 13.3. The van der Waals surface area contributed by atoms with Crippen LogP contribution in [0.5, 0.6) is 0 Å². The smallest absolute Gasteiger partial charge is 0.313 e. The number of aryl methyl sites for hydroxylation is 1. The Morgan fingerprint density at radius 1 is 1.67 bits per heavy atom. The maximum Gasteiger partial charge on any atom is 0.313 e. The Bertz CT molecular complexity index is 445. The van der Waals surface area contributed by atoms with Crippen LogP contribution < -0.4 is 0 Å². The second kappa shape index (κ2) is 6.94. The number of carboxylic acid groups (broad SMARTS) is 1. The van der Waals surface area contributed by atoms with E-state index < -0.39 is 16.8 Å². The van der Waals surface area contributed by atoms with Crippen LogP contribution in [-0.2, 0) is 22.0 Å². The van der Waals surface area contributed by atoms with Crippen molar-refractivity contribution in [2.75, 3.05) is 17.8 Å². The molecule has 2 unspecified atom stereocenters. The molecule has 0 fully saturated rings. The summed E-state index contributed by atoms with van der Waals surface area (Å²) >= 11 is 1.20. The fourth-order valence-corrected chi connectivity index (χ4v) is 3.40. The Balaban J connectivity index is 2.93. The molecular formula is C11H18N2O3S2. The fourth-order valence-electron chi connectivity index (χ4n) is 1.76. The van der Waals surface area contributed by atoms with Gasteiger partial charge < -0.3 is 9.67 Å². The summed E-state index contributed by atoms with van der Waals surface area (Å²) in [4.78, 5) is 14.9. The highest BCUT2D eigenvalue weighted by Crippen LogP contribution is 2.23. The molecule has 18 heavy (non-hydrogen) atoms. The van der Waals surface area contributed by atoms with Gasteiger partial charge in [-0.1, -0.05) is 18.7 Å². The number of imidazole rings is 1. The van der Waals surface area contributed by atoms with Crippen molar-refractivity contribution in [2.24, 2.45) is 0 Å². The molecule has 1 aromatic heterocycles. The first-order chi connectivity index (χ1) is 8.45. The Morgan fingerprint density at radius 3 is 2.83 bits per heavy atom. The van der Waals surface area contributed by atoms with E-state index in [1.807, 2.05) is 18.4 Å². The van der Waals surface area contributed by atoms with Crippen molar-refractivity contribution in [3.8, 4) is 0 Å². The summed E-state index contributed by atoms with van der Waals surface area (Å²) in [5.74, 6) is -0.328. The molecular weight excluding hydrogens is 272 g/mol. The molecule has 0 bridgehead atoms. The highest BCUT2D eigenvalue weighted by Gasteiger charge is 2.17. The van der Waals surface area contributed by atoms with Gasteiger partial charge in [-0.2, -0.15) is 0 Å². The van der Waals surface area contributed by atoms with Crippen molar-refractivity contribution in [2.45, 2.75) is 31.5 Å². The quantitative estimate of drug-likeness (QED) is 0.772. The highest BCUT2D eigenvalue weighted by atomic mass is 32.2. The number of carbonyl (C=O) groups is 1. The lowest BCUT2D eigenvalue weighted by Gasteiger charge is -2.17. The lowest BCUT2D eigenvalue weighted by molar-refractivity contribution is -0.133. The van der Waals surface area contributed by atoms with Gasteiger partial charge in [0.2, 0.25) is 0 Å². The normalized spacial score (nSPS) is 14.4. The zero-order valence-electron chi connectivity index (χ0n) is 10.8. The van der Waals surface area contributed by atoms with Crippen molar-refractivity contribution in [1.82, 2.24) is 9.55 Å². The maximum atomic E-state index is 11.3. The van der Waals surface area contributed by atoms with Gasteiger partial charge in [0.15, 0.2) is 5.16 Å². The Kier molecular flexibility index (Phi) is 5.87. The topological polar surface area (TPSA) is 72.2 Å². The number of thioether (sulfide) groups is 1. The molecule has 0 saturated carbocycles. The van der Waals surface area contributed by atoms with E-state index in [9.17, 15) is 9.00 Å². The summed E-state index contributed by atoms with van der Waals surface area (Å²) in [6, 6.07) is 0.0598. The van der Waals surface area contributed by atoms with Crippen LogP contribution in [0.15, 0.2) is 11.4 Å². The molecule has 0 aromatic carbocycles. The first-order valence-corrected chi connectivity index (χ1v) is 8.37. The van der Waals surface area contributed by atoms with E-state index in [1.54, 1.807) is 12.5 Å². The molecule has 1 rings (SSSR count). The van der Waals surface area contributed by atoms with Crippen molar-refractivity contribution in [1.29, 1.82) is 0 Å². The van der Waals surface area contributed by atoms with Gasteiger partial charge >= 0.3 is 5.97 Å². The molecule has 1 N–H and O–H groups in total. The van der Waals surface area contributed by atoms with E-state index >= 15 is 0 Å². The minimum absolute atomic E-state index is 0.0118. The monoisotopic (exact) mass is 290 g/mol. The largest absolute Gasteiger partial charge is 0.481 e. The van der Waals surface area contributed by atoms with Crippen molar-refractivity contribution < 1.29 is 14.1 Å². The zero-order chi connectivity index (χ0) is 13.7. The predicted molar refractivity (Wildman–Crippen MR) is 73.6 cm³/mol. The summed E-state index contributed by atoms with van der Waals surface area (Å²) in [6.07, 6.45) is 4.25. The summed E-state index contributed by atoms with van der Waals surface area (Å²) in [7, 11) is -0.886. The molecule has 0 saturated heterocycles. The van der Waals surface area contributed by atoms with E-state index in [-0.39, 0.29) is 11.8 Å². The van der Waals surface area contributed by atoms with Crippen LogP contribution in [0.1, 0.15) is 25.6 Å². The molecule has 5 nitrogen and oxygen atoms in total. The van der Waals surface area contributed by atoms with Crippen molar-refractivity contribution in [3.05, 3.63) is 11.9 Å². The lowest BCUT2D eigenvalue weighted by atomic mass is 10.3. The molecule has 7 heteroatoms. The summed E-state index contributed by atoms with van der Waals surface area (Å²) in [6.45, 7) is 4.00. The van der Waals surface area contributed by atoms with Gasteiger partial charge in [0.1, 0.15) is 0 Å².